The number of carbonyl (C=O) groups excluding carboxylic acids is 2. The lowest BCUT2D eigenvalue weighted by molar-refractivity contribution is -0.140. The molecule has 0 saturated carbocycles. The Morgan fingerprint density at radius 3 is 2.15 bits per heavy atom. The van der Waals surface area contributed by atoms with Gasteiger partial charge < -0.3 is 15.0 Å². The second-order valence-corrected chi connectivity index (χ2v) is 13.4. The summed E-state index contributed by atoms with van der Waals surface area (Å²) < 4.78 is 48.4. The molecule has 242 valence electrons. The molecule has 0 fully saturated rings. The zero-order chi connectivity index (χ0) is 33.4. The van der Waals surface area contributed by atoms with Crippen molar-refractivity contribution in [1.82, 2.24) is 10.2 Å². The number of benzene rings is 4. The van der Waals surface area contributed by atoms with Crippen molar-refractivity contribution in [1.29, 1.82) is 0 Å². The topological polar surface area (TPSA) is 96.0 Å². The van der Waals surface area contributed by atoms with E-state index in [0.29, 0.717) is 11.3 Å². The Kier molecular flexibility index (Phi) is 11.4. The van der Waals surface area contributed by atoms with E-state index in [2.05, 4.69) is 5.32 Å². The van der Waals surface area contributed by atoms with E-state index in [4.69, 9.17) is 16.3 Å². The lowest BCUT2D eigenvalue weighted by Crippen LogP contribution is -2.54. The maximum absolute atomic E-state index is 14.5. The minimum absolute atomic E-state index is 0.0266. The molecular formula is C35H37ClFN3O5S. The number of halogens is 2. The average Bonchev–Trinajstić information content (AvgIpc) is 3.02. The largest absolute Gasteiger partial charge is 0.495 e. The number of carbonyl (C=O) groups is 2. The quantitative estimate of drug-likeness (QED) is 0.185. The second kappa shape index (κ2) is 15.2. The van der Waals surface area contributed by atoms with E-state index < -0.39 is 40.2 Å². The predicted molar refractivity (Wildman–Crippen MR) is 178 cm³/mol. The molecule has 46 heavy (non-hydrogen) atoms. The molecule has 4 aromatic carbocycles. The van der Waals surface area contributed by atoms with Crippen LogP contribution < -0.4 is 14.4 Å². The van der Waals surface area contributed by atoms with Gasteiger partial charge in [0.25, 0.3) is 10.0 Å². The molecule has 0 spiro atoms. The first-order chi connectivity index (χ1) is 21.9. The summed E-state index contributed by atoms with van der Waals surface area (Å²) in [5, 5.41) is 3.05. The lowest BCUT2D eigenvalue weighted by atomic mass is 10.0. The van der Waals surface area contributed by atoms with Gasteiger partial charge in [-0.3, -0.25) is 13.9 Å². The van der Waals surface area contributed by atoms with Gasteiger partial charge in [0.05, 0.1) is 22.7 Å². The molecule has 0 heterocycles. The fourth-order valence-electron chi connectivity index (χ4n) is 4.90. The molecule has 0 unspecified atom stereocenters. The first kappa shape index (κ1) is 34.5. The summed E-state index contributed by atoms with van der Waals surface area (Å²) >= 11 is 6.41. The SMILES string of the molecule is COc1ccc(N(CC(=O)N(Cc2ccc(F)cc2)[C@H](Cc2ccccc2)C(=O)NC(C)C)S(=O)(=O)c2ccc(C)cc2)cc1Cl. The summed E-state index contributed by atoms with van der Waals surface area (Å²) in [5.41, 5.74) is 2.35. The van der Waals surface area contributed by atoms with Crippen molar-refractivity contribution in [3.05, 3.63) is 125 Å². The van der Waals surface area contributed by atoms with Crippen molar-refractivity contribution in [2.75, 3.05) is 18.0 Å². The van der Waals surface area contributed by atoms with Crippen molar-refractivity contribution in [3.8, 4) is 5.75 Å². The zero-order valence-corrected chi connectivity index (χ0v) is 27.7. The Morgan fingerprint density at radius 1 is 0.913 bits per heavy atom. The molecule has 8 nitrogen and oxygen atoms in total. The van der Waals surface area contributed by atoms with Crippen molar-refractivity contribution >= 4 is 39.1 Å². The van der Waals surface area contributed by atoms with Crippen molar-refractivity contribution < 1.29 is 27.1 Å². The molecule has 0 saturated heterocycles. The van der Waals surface area contributed by atoms with Crippen LogP contribution in [0.1, 0.15) is 30.5 Å². The molecule has 4 aromatic rings. The number of sulfonamides is 1. The van der Waals surface area contributed by atoms with E-state index in [-0.39, 0.29) is 34.6 Å². The third kappa shape index (κ3) is 8.64. The zero-order valence-electron chi connectivity index (χ0n) is 26.1. The van der Waals surface area contributed by atoms with Gasteiger partial charge in [0.2, 0.25) is 11.8 Å². The van der Waals surface area contributed by atoms with Gasteiger partial charge in [-0.1, -0.05) is 71.8 Å². The van der Waals surface area contributed by atoms with Gasteiger partial charge in [-0.15, -0.1) is 0 Å². The molecule has 4 rings (SSSR count). The monoisotopic (exact) mass is 665 g/mol. The third-order valence-electron chi connectivity index (χ3n) is 7.28. The van der Waals surface area contributed by atoms with Crippen LogP contribution in [0.15, 0.2) is 102 Å². The first-order valence-corrected chi connectivity index (χ1v) is 16.5. The standard InChI is InChI=1S/C35H37ClFN3O5S/c1-24(2)38-35(42)32(20-26-8-6-5-7-9-26)39(22-27-12-14-28(37)15-13-27)34(41)23-40(29-16-19-33(45-4)31(36)21-29)46(43,44)30-17-10-25(3)11-18-30/h5-19,21,24,32H,20,22-23H2,1-4H3,(H,38,42)/t32-/m1/s1. The van der Waals surface area contributed by atoms with Crippen LogP contribution in [0.3, 0.4) is 0 Å². The number of ether oxygens (including phenoxy) is 1. The smallest absolute Gasteiger partial charge is 0.264 e. The van der Waals surface area contributed by atoms with Crippen LogP contribution in [0.4, 0.5) is 10.1 Å². The molecule has 0 bridgehead atoms. The van der Waals surface area contributed by atoms with Crippen LogP contribution >= 0.6 is 11.6 Å². The van der Waals surface area contributed by atoms with Gasteiger partial charge in [-0.2, -0.15) is 0 Å². The van der Waals surface area contributed by atoms with Crippen molar-refractivity contribution in [2.24, 2.45) is 0 Å². The highest BCUT2D eigenvalue weighted by Crippen LogP contribution is 2.32. The van der Waals surface area contributed by atoms with Crippen LogP contribution in [0, 0.1) is 12.7 Å². The van der Waals surface area contributed by atoms with Crippen molar-refractivity contribution in [3.63, 3.8) is 0 Å². The van der Waals surface area contributed by atoms with E-state index in [9.17, 15) is 22.4 Å². The maximum atomic E-state index is 14.5. The van der Waals surface area contributed by atoms with Gasteiger partial charge in [0.1, 0.15) is 24.2 Å². The maximum Gasteiger partial charge on any atom is 0.264 e. The Hall–Kier alpha value is -4.41. The lowest BCUT2D eigenvalue weighted by Gasteiger charge is -2.34. The predicted octanol–water partition coefficient (Wildman–Crippen LogP) is 6.16. The summed E-state index contributed by atoms with van der Waals surface area (Å²) in [6, 6.07) is 24.3. The highest BCUT2D eigenvalue weighted by Gasteiger charge is 2.35. The number of rotatable bonds is 13. The van der Waals surface area contributed by atoms with E-state index >= 15 is 0 Å². The number of methoxy groups -OCH3 is 1. The van der Waals surface area contributed by atoms with Gasteiger partial charge >= 0.3 is 0 Å². The second-order valence-electron chi connectivity index (χ2n) is 11.2. The summed E-state index contributed by atoms with van der Waals surface area (Å²) in [6.45, 7) is 4.73. The highest BCUT2D eigenvalue weighted by atomic mass is 35.5. The molecule has 11 heteroatoms. The fraction of sp³-hybridized carbons (Fsp3) is 0.257. The van der Waals surface area contributed by atoms with Crippen LogP contribution in [-0.4, -0.2) is 50.9 Å². The van der Waals surface area contributed by atoms with E-state index in [1.807, 2.05) is 51.1 Å². The van der Waals surface area contributed by atoms with Gasteiger partial charge in [-0.05, 0) is 74.4 Å². The minimum Gasteiger partial charge on any atom is -0.495 e. The number of aryl methyl sites for hydroxylation is 1. The molecule has 1 N–H and O–H groups in total. The molecule has 2 amide bonds. The number of amides is 2. The Bertz CT molecular complexity index is 1750. The number of anilines is 1. The van der Waals surface area contributed by atoms with Crippen LogP contribution in [0.2, 0.25) is 5.02 Å². The molecule has 0 radical (unpaired) electrons. The summed E-state index contributed by atoms with van der Waals surface area (Å²) in [7, 11) is -2.86. The Balaban J connectivity index is 1.82. The molecule has 0 aliphatic heterocycles. The van der Waals surface area contributed by atoms with Gasteiger partial charge in [-0.25, -0.2) is 12.8 Å². The molecule has 0 aliphatic rings. The van der Waals surface area contributed by atoms with Crippen molar-refractivity contribution in [2.45, 2.75) is 50.7 Å². The first-order valence-electron chi connectivity index (χ1n) is 14.7. The highest BCUT2D eigenvalue weighted by molar-refractivity contribution is 7.92. The van der Waals surface area contributed by atoms with Crippen LogP contribution in [0.5, 0.6) is 5.75 Å². The normalized spacial score (nSPS) is 12.0. The Labute approximate surface area is 274 Å². The van der Waals surface area contributed by atoms with Crippen LogP contribution in [0.25, 0.3) is 0 Å². The summed E-state index contributed by atoms with van der Waals surface area (Å²) in [6.07, 6.45) is 0.158. The van der Waals surface area contributed by atoms with Gasteiger partial charge in [0.15, 0.2) is 0 Å². The summed E-state index contributed by atoms with van der Waals surface area (Å²) in [4.78, 5) is 29.5. The third-order valence-corrected chi connectivity index (χ3v) is 9.36. The van der Waals surface area contributed by atoms with E-state index in [0.717, 1.165) is 15.4 Å². The fourth-order valence-corrected chi connectivity index (χ4v) is 6.56. The number of nitrogens with zero attached hydrogens (tertiary/aromatic N) is 2. The number of hydrogen-bond acceptors (Lipinski definition) is 5. The van der Waals surface area contributed by atoms with E-state index in [1.165, 1.54) is 66.6 Å². The average molecular weight is 666 g/mol. The molecule has 0 aromatic heterocycles. The minimum atomic E-state index is -4.30. The van der Waals surface area contributed by atoms with Gasteiger partial charge in [0, 0.05) is 19.0 Å². The molecular weight excluding hydrogens is 629 g/mol. The molecule has 1 atom stereocenters. The summed E-state index contributed by atoms with van der Waals surface area (Å²) in [5.74, 6) is -1.18. The van der Waals surface area contributed by atoms with E-state index in [1.54, 1.807) is 12.1 Å². The number of hydrogen-bond donors (Lipinski definition) is 1. The molecule has 0 aliphatic carbocycles. The van der Waals surface area contributed by atoms with Crippen LogP contribution in [-0.2, 0) is 32.6 Å². The number of nitrogens with one attached hydrogen (secondary N) is 1. The Morgan fingerprint density at radius 2 is 1.57 bits per heavy atom.